The molecule has 3 N–H and O–H groups in total. The average molecular weight is 299 g/mol. The lowest BCUT2D eigenvalue weighted by Crippen LogP contribution is -2.42. The fourth-order valence-electron chi connectivity index (χ4n) is 1.78. The summed E-state index contributed by atoms with van der Waals surface area (Å²) in [5, 5.41) is 2.88. The van der Waals surface area contributed by atoms with Gasteiger partial charge in [0, 0.05) is 5.69 Å². The highest BCUT2D eigenvalue weighted by atomic mass is 35.5. The molecule has 5 nitrogen and oxygen atoms in total. The van der Waals surface area contributed by atoms with Crippen molar-refractivity contribution in [1.82, 2.24) is 5.32 Å². The molecule has 110 valence electrons. The van der Waals surface area contributed by atoms with E-state index in [1.54, 1.807) is 6.07 Å². The SMILES string of the molecule is COC(=O)C(CC(C)C)NC(=O)c1ccc(N)cc1Cl. The molecule has 20 heavy (non-hydrogen) atoms. The van der Waals surface area contributed by atoms with Crippen LogP contribution in [0.4, 0.5) is 5.69 Å². The summed E-state index contributed by atoms with van der Waals surface area (Å²) in [5.74, 6) is -0.661. The molecule has 6 heteroatoms. The first-order valence-corrected chi connectivity index (χ1v) is 6.66. The number of nitrogen functional groups attached to an aromatic ring is 1. The van der Waals surface area contributed by atoms with Gasteiger partial charge < -0.3 is 15.8 Å². The number of esters is 1. The van der Waals surface area contributed by atoms with Crippen LogP contribution in [0, 0.1) is 5.92 Å². The highest BCUT2D eigenvalue weighted by molar-refractivity contribution is 6.34. The third-order valence-corrected chi connectivity index (χ3v) is 3.05. The van der Waals surface area contributed by atoms with Crippen LogP contribution >= 0.6 is 11.6 Å². The number of hydrogen-bond acceptors (Lipinski definition) is 4. The molecule has 1 atom stereocenters. The Morgan fingerprint density at radius 3 is 2.55 bits per heavy atom. The third kappa shape index (κ3) is 4.42. The lowest BCUT2D eigenvalue weighted by molar-refractivity contribution is -0.143. The van der Waals surface area contributed by atoms with Crippen LogP contribution in [-0.2, 0) is 9.53 Å². The van der Waals surface area contributed by atoms with Crippen LogP contribution in [-0.4, -0.2) is 25.0 Å². The summed E-state index contributed by atoms with van der Waals surface area (Å²) in [6.07, 6.45) is 0.491. The van der Waals surface area contributed by atoms with E-state index in [2.05, 4.69) is 5.32 Å². The Balaban J connectivity index is 2.87. The number of halogens is 1. The van der Waals surface area contributed by atoms with Gasteiger partial charge in [-0.1, -0.05) is 25.4 Å². The number of nitrogens with one attached hydrogen (secondary N) is 1. The largest absolute Gasteiger partial charge is 0.467 e. The van der Waals surface area contributed by atoms with Crippen LogP contribution in [0.2, 0.25) is 5.02 Å². The van der Waals surface area contributed by atoms with Crippen molar-refractivity contribution in [3.63, 3.8) is 0 Å². The maximum absolute atomic E-state index is 12.1. The molecule has 1 rings (SSSR count). The second kappa shape index (κ2) is 7.14. The Morgan fingerprint density at radius 1 is 1.40 bits per heavy atom. The predicted molar refractivity (Wildman–Crippen MR) is 78.6 cm³/mol. The number of ether oxygens (including phenoxy) is 1. The quantitative estimate of drug-likeness (QED) is 0.645. The molecule has 0 heterocycles. The van der Waals surface area contributed by atoms with Gasteiger partial charge in [-0.15, -0.1) is 0 Å². The number of anilines is 1. The number of nitrogens with two attached hydrogens (primary N) is 1. The molecular weight excluding hydrogens is 280 g/mol. The molecule has 0 radical (unpaired) electrons. The van der Waals surface area contributed by atoms with Gasteiger partial charge in [0.1, 0.15) is 6.04 Å². The number of benzene rings is 1. The Hall–Kier alpha value is -1.75. The Labute approximate surface area is 123 Å². The van der Waals surface area contributed by atoms with Crippen molar-refractivity contribution in [2.24, 2.45) is 5.92 Å². The second-order valence-corrected chi connectivity index (χ2v) is 5.33. The predicted octanol–water partition coefficient (Wildman–Crippen LogP) is 2.24. The van der Waals surface area contributed by atoms with Crippen LogP contribution < -0.4 is 11.1 Å². The molecule has 0 aliphatic rings. The highest BCUT2D eigenvalue weighted by Gasteiger charge is 2.24. The van der Waals surface area contributed by atoms with Crippen molar-refractivity contribution in [3.05, 3.63) is 28.8 Å². The lowest BCUT2D eigenvalue weighted by Gasteiger charge is -2.18. The van der Waals surface area contributed by atoms with Crippen molar-refractivity contribution in [3.8, 4) is 0 Å². The van der Waals surface area contributed by atoms with E-state index in [1.807, 2.05) is 13.8 Å². The summed E-state index contributed by atoms with van der Waals surface area (Å²) in [5.41, 5.74) is 6.32. The smallest absolute Gasteiger partial charge is 0.328 e. The van der Waals surface area contributed by atoms with Gasteiger partial charge in [-0.05, 0) is 30.5 Å². The van der Waals surface area contributed by atoms with Gasteiger partial charge in [-0.3, -0.25) is 4.79 Å². The summed E-state index contributed by atoms with van der Waals surface area (Å²) in [4.78, 5) is 23.8. The number of hydrogen-bond donors (Lipinski definition) is 2. The first-order chi connectivity index (χ1) is 9.35. The Kier molecular flexibility index (Phi) is 5.82. The molecule has 0 aromatic heterocycles. The van der Waals surface area contributed by atoms with Crippen molar-refractivity contribution in [1.29, 1.82) is 0 Å². The maximum atomic E-state index is 12.1. The molecule has 0 aliphatic heterocycles. The van der Waals surface area contributed by atoms with Gasteiger partial charge >= 0.3 is 5.97 Å². The molecule has 0 fully saturated rings. The number of rotatable bonds is 5. The zero-order valence-corrected chi connectivity index (χ0v) is 12.5. The molecule has 1 unspecified atom stereocenters. The number of methoxy groups -OCH3 is 1. The molecule has 0 saturated heterocycles. The molecule has 0 bridgehead atoms. The minimum Gasteiger partial charge on any atom is -0.467 e. The fourth-order valence-corrected chi connectivity index (χ4v) is 2.05. The zero-order valence-electron chi connectivity index (χ0n) is 11.8. The number of carbonyl (C=O) groups excluding carboxylic acids is 2. The second-order valence-electron chi connectivity index (χ2n) is 4.92. The van der Waals surface area contributed by atoms with Crippen LogP contribution in [0.1, 0.15) is 30.6 Å². The molecule has 0 aliphatic carbocycles. The Morgan fingerprint density at radius 2 is 2.05 bits per heavy atom. The van der Waals surface area contributed by atoms with Crippen LogP contribution in [0.15, 0.2) is 18.2 Å². The van der Waals surface area contributed by atoms with Crippen LogP contribution in [0.5, 0.6) is 0 Å². The van der Waals surface area contributed by atoms with E-state index >= 15 is 0 Å². The Bertz CT molecular complexity index is 503. The summed E-state index contributed by atoms with van der Waals surface area (Å²) >= 11 is 5.97. The van der Waals surface area contributed by atoms with Crippen molar-refractivity contribution in [2.75, 3.05) is 12.8 Å². The van der Waals surface area contributed by atoms with Crippen molar-refractivity contribution < 1.29 is 14.3 Å². The minimum atomic E-state index is -0.693. The van der Waals surface area contributed by atoms with Gasteiger partial charge in [-0.2, -0.15) is 0 Å². The molecule has 1 amide bonds. The fraction of sp³-hybridized carbons (Fsp3) is 0.429. The van der Waals surface area contributed by atoms with E-state index in [9.17, 15) is 9.59 Å². The normalized spacial score (nSPS) is 12.1. The van der Waals surface area contributed by atoms with Gasteiger partial charge in [0.2, 0.25) is 0 Å². The summed E-state index contributed by atoms with van der Waals surface area (Å²) in [7, 11) is 1.29. The summed E-state index contributed by atoms with van der Waals surface area (Å²) < 4.78 is 4.69. The van der Waals surface area contributed by atoms with Crippen LogP contribution in [0.25, 0.3) is 0 Å². The molecule has 0 spiro atoms. The topological polar surface area (TPSA) is 81.4 Å². The van der Waals surface area contributed by atoms with Gasteiger partial charge in [0.15, 0.2) is 0 Å². The molecular formula is C14H19ClN2O3. The van der Waals surface area contributed by atoms with Crippen molar-refractivity contribution >= 4 is 29.2 Å². The number of carbonyl (C=O) groups is 2. The molecule has 0 saturated carbocycles. The van der Waals surface area contributed by atoms with Crippen LogP contribution in [0.3, 0.4) is 0 Å². The van der Waals surface area contributed by atoms with E-state index in [-0.39, 0.29) is 16.5 Å². The number of amides is 1. The molecule has 1 aromatic rings. The van der Waals surface area contributed by atoms with E-state index in [0.717, 1.165) is 0 Å². The van der Waals surface area contributed by atoms with Crippen molar-refractivity contribution in [2.45, 2.75) is 26.3 Å². The lowest BCUT2D eigenvalue weighted by atomic mass is 10.0. The van der Waals surface area contributed by atoms with Gasteiger partial charge in [0.25, 0.3) is 5.91 Å². The summed E-state index contributed by atoms with van der Waals surface area (Å²) in [6, 6.07) is 3.90. The van der Waals surface area contributed by atoms with Gasteiger partial charge in [0.05, 0.1) is 17.7 Å². The first kappa shape index (κ1) is 16.3. The average Bonchev–Trinajstić information content (AvgIpc) is 2.36. The zero-order chi connectivity index (χ0) is 15.3. The van der Waals surface area contributed by atoms with E-state index in [4.69, 9.17) is 22.1 Å². The standard InChI is InChI=1S/C14H19ClN2O3/c1-8(2)6-12(14(19)20-3)17-13(18)10-5-4-9(16)7-11(10)15/h4-5,7-8,12H,6,16H2,1-3H3,(H,17,18). The maximum Gasteiger partial charge on any atom is 0.328 e. The first-order valence-electron chi connectivity index (χ1n) is 6.28. The summed E-state index contributed by atoms with van der Waals surface area (Å²) in [6.45, 7) is 3.91. The van der Waals surface area contributed by atoms with E-state index in [0.29, 0.717) is 12.1 Å². The van der Waals surface area contributed by atoms with Gasteiger partial charge in [-0.25, -0.2) is 4.79 Å². The highest BCUT2D eigenvalue weighted by Crippen LogP contribution is 2.19. The minimum absolute atomic E-state index is 0.237. The third-order valence-electron chi connectivity index (χ3n) is 2.74. The van der Waals surface area contributed by atoms with E-state index in [1.165, 1.54) is 19.2 Å². The molecule has 1 aromatic carbocycles. The van der Waals surface area contributed by atoms with E-state index < -0.39 is 17.9 Å². The monoisotopic (exact) mass is 298 g/mol.